The summed E-state index contributed by atoms with van der Waals surface area (Å²) in [6, 6.07) is 3.21. The number of hydrogen-bond donors (Lipinski definition) is 0. The van der Waals surface area contributed by atoms with Gasteiger partial charge in [-0.25, -0.2) is 9.78 Å². The Bertz CT molecular complexity index is 764. The summed E-state index contributed by atoms with van der Waals surface area (Å²) in [6.45, 7) is 0. The summed E-state index contributed by atoms with van der Waals surface area (Å²) in [6.07, 6.45) is 3.72. The third-order valence-electron chi connectivity index (χ3n) is 2.85. The van der Waals surface area contributed by atoms with Gasteiger partial charge < -0.3 is 14.2 Å². The van der Waals surface area contributed by atoms with Crippen LogP contribution in [0.4, 0.5) is 0 Å². The maximum atomic E-state index is 12.4. The number of benzene rings is 1. The highest BCUT2D eigenvalue weighted by Gasteiger charge is 2.10. The highest BCUT2D eigenvalue weighted by atomic mass is 16.5. The van der Waals surface area contributed by atoms with E-state index in [0.29, 0.717) is 22.4 Å². The molecule has 0 aliphatic rings. The molecular weight excluding hydrogens is 276 g/mol. The van der Waals surface area contributed by atoms with Crippen LogP contribution in [0.3, 0.4) is 0 Å². The van der Waals surface area contributed by atoms with Crippen molar-refractivity contribution in [1.29, 1.82) is 0 Å². The summed E-state index contributed by atoms with van der Waals surface area (Å²) < 4.78 is 16.0. The Labute approximate surface area is 120 Å². The summed E-state index contributed by atoms with van der Waals surface area (Å²) in [5, 5.41) is 0.322. The fraction of sp³-hybridized carbons (Fsp3) is 0.214. The topological polar surface area (TPSA) is 79.7 Å². The smallest absolute Gasteiger partial charge is 0.331 e. The third kappa shape index (κ3) is 2.86. The number of aromatic nitrogens is 2. The molecule has 0 saturated heterocycles. The molecule has 2 rings (SSSR count). The van der Waals surface area contributed by atoms with E-state index >= 15 is 0 Å². The van der Waals surface area contributed by atoms with Gasteiger partial charge in [0.2, 0.25) is 0 Å². The lowest BCUT2D eigenvalue weighted by Gasteiger charge is -2.08. The molecule has 1 aromatic carbocycles. The number of carbonyl (C=O) groups excluding carboxylic acids is 1. The van der Waals surface area contributed by atoms with Crippen molar-refractivity contribution in [3.8, 4) is 11.5 Å². The average molecular weight is 290 g/mol. The first-order valence-corrected chi connectivity index (χ1v) is 5.99. The zero-order valence-electron chi connectivity index (χ0n) is 11.8. The summed E-state index contributed by atoms with van der Waals surface area (Å²) in [7, 11) is 4.23. The third-order valence-corrected chi connectivity index (χ3v) is 2.85. The molecular formula is C14H14N2O5. The molecule has 110 valence electrons. The van der Waals surface area contributed by atoms with Crippen LogP contribution in [0.25, 0.3) is 17.1 Å². The lowest BCUT2D eigenvalue weighted by atomic mass is 10.2. The van der Waals surface area contributed by atoms with Gasteiger partial charge in [0.1, 0.15) is 23.3 Å². The van der Waals surface area contributed by atoms with Crippen LogP contribution in [0.1, 0.15) is 0 Å². The van der Waals surface area contributed by atoms with Gasteiger partial charge in [-0.1, -0.05) is 0 Å². The molecule has 1 heterocycles. The van der Waals surface area contributed by atoms with Crippen LogP contribution in [0.5, 0.6) is 11.5 Å². The number of methoxy groups -OCH3 is 3. The molecule has 1 aromatic heterocycles. The second-order valence-electron chi connectivity index (χ2n) is 4.02. The first-order valence-electron chi connectivity index (χ1n) is 5.99. The van der Waals surface area contributed by atoms with Crippen LogP contribution in [0.2, 0.25) is 0 Å². The summed E-state index contributed by atoms with van der Waals surface area (Å²) in [4.78, 5) is 27.6. The number of ether oxygens (including phenoxy) is 3. The molecule has 0 spiro atoms. The normalized spacial score (nSPS) is 10.8. The minimum atomic E-state index is -0.565. The fourth-order valence-corrected chi connectivity index (χ4v) is 1.78. The molecule has 21 heavy (non-hydrogen) atoms. The Balaban J connectivity index is 2.63. The predicted molar refractivity (Wildman–Crippen MR) is 76.5 cm³/mol. The quantitative estimate of drug-likeness (QED) is 0.618. The van der Waals surface area contributed by atoms with Gasteiger partial charge in [-0.05, 0) is 6.07 Å². The van der Waals surface area contributed by atoms with Crippen LogP contribution in [0, 0.1) is 0 Å². The van der Waals surface area contributed by atoms with Crippen LogP contribution in [-0.4, -0.2) is 36.8 Å². The molecule has 0 bridgehead atoms. The molecule has 0 aliphatic carbocycles. The minimum absolute atomic E-state index is 0.322. The molecule has 0 fully saturated rings. The first-order chi connectivity index (χ1) is 10.1. The van der Waals surface area contributed by atoms with E-state index in [0.717, 1.165) is 6.08 Å². The van der Waals surface area contributed by atoms with E-state index in [-0.39, 0.29) is 5.56 Å². The lowest BCUT2D eigenvalue weighted by Crippen LogP contribution is -2.17. The second-order valence-corrected chi connectivity index (χ2v) is 4.02. The van der Waals surface area contributed by atoms with Gasteiger partial charge in [0.15, 0.2) is 0 Å². The summed E-state index contributed by atoms with van der Waals surface area (Å²) in [5.74, 6) is 0.351. The van der Waals surface area contributed by atoms with Crippen LogP contribution < -0.4 is 15.0 Å². The maximum absolute atomic E-state index is 12.4. The van der Waals surface area contributed by atoms with Gasteiger partial charge in [0, 0.05) is 18.3 Å². The summed E-state index contributed by atoms with van der Waals surface area (Å²) >= 11 is 0. The number of hydrogen-bond acceptors (Lipinski definition) is 6. The average Bonchev–Trinajstić information content (AvgIpc) is 2.52. The SMILES string of the molecule is COC(=O)/C=C/n1cnc2c(OC)cc(OC)cc2c1=O. The molecule has 0 N–H and O–H groups in total. The van der Waals surface area contributed by atoms with E-state index in [1.54, 1.807) is 12.1 Å². The number of fused-ring (bicyclic) bond motifs is 1. The Hall–Kier alpha value is -2.83. The van der Waals surface area contributed by atoms with Crippen LogP contribution >= 0.6 is 0 Å². The first kappa shape index (κ1) is 14.6. The lowest BCUT2D eigenvalue weighted by molar-refractivity contribution is -0.134. The van der Waals surface area contributed by atoms with E-state index in [2.05, 4.69) is 9.72 Å². The van der Waals surface area contributed by atoms with Crippen molar-refractivity contribution in [2.24, 2.45) is 0 Å². The molecule has 7 nitrogen and oxygen atoms in total. The Morgan fingerprint density at radius 1 is 1.24 bits per heavy atom. The maximum Gasteiger partial charge on any atom is 0.331 e. The van der Waals surface area contributed by atoms with E-state index in [1.165, 1.54) is 38.4 Å². The van der Waals surface area contributed by atoms with E-state index in [9.17, 15) is 9.59 Å². The molecule has 2 aromatic rings. The molecule has 0 radical (unpaired) electrons. The van der Waals surface area contributed by atoms with Gasteiger partial charge in [-0.2, -0.15) is 0 Å². The van der Waals surface area contributed by atoms with Crippen molar-refractivity contribution in [2.75, 3.05) is 21.3 Å². The van der Waals surface area contributed by atoms with Crippen LogP contribution in [0.15, 0.2) is 29.3 Å². The van der Waals surface area contributed by atoms with Gasteiger partial charge in [-0.3, -0.25) is 9.36 Å². The molecule has 7 heteroatoms. The zero-order valence-corrected chi connectivity index (χ0v) is 11.8. The van der Waals surface area contributed by atoms with Crippen molar-refractivity contribution < 1.29 is 19.0 Å². The van der Waals surface area contributed by atoms with Gasteiger partial charge in [-0.15, -0.1) is 0 Å². The van der Waals surface area contributed by atoms with Gasteiger partial charge >= 0.3 is 5.97 Å². The predicted octanol–water partition coefficient (Wildman–Crippen LogP) is 1.06. The Morgan fingerprint density at radius 3 is 2.62 bits per heavy atom. The highest BCUT2D eigenvalue weighted by Crippen LogP contribution is 2.27. The monoisotopic (exact) mass is 290 g/mol. The Kier molecular flexibility index (Phi) is 4.22. The van der Waals surface area contributed by atoms with Crippen molar-refractivity contribution in [2.45, 2.75) is 0 Å². The number of rotatable bonds is 4. The minimum Gasteiger partial charge on any atom is -0.497 e. The van der Waals surface area contributed by atoms with Crippen molar-refractivity contribution >= 4 is 23.1 Å². The molecule has 0 unspecified atom stereocenters. The highest BCUT2D eigenvalue weighted by molar-refractivity contribution is 5.87. The van der Waals surface area contributed by atoms with Crippen molar-refractivity contribution in [1.82, 2.24) is 9.55 Å². The van der Waals surface area contributed by atoms with Gasteiger partial charge in [0.25, 0.3) is 5.56 Å². The fourth-order valence-electron chi connectivity index (χ4n) is 1.78. The van der Waals surface area contributed by atoms with E-state index < -0.39 is 5.97 Å². The van der Waals surface area contributed by atoms with Gasteiger partial charge in [0.05, 0.1) is 26.7 Å². The van der Waals surface area contributed by atoms with Crippen LogP contribution in [-0.2, 0) is 9.53 Å². The van der Waals surface area contributed by atoms with Crippen molar-refractivity contribution in [3.05, 3.63) is 34.9 Å². The molecule has 0 atom stereocenters. The Morgan fingerprint density at radius 2 is 2.00 bits per heavy atom. The summed E-state index contributed by atoms with van der Waals surface area (Å²) in [5.41, 5.74) is 0.0726. The number of esters is 1. The molecule has 0 aliphatic heterocycles. The second kappa shape index (κ2) is 6.08. The van der Waals surface area contributed by atoms with E-state index in [1.807, 2.05) is 0 Å². The largest absolute Gasteiger partial charge is 0.497 e. The van der Waals surface area contributed by atoms with Crippen molar-refractivity contribution in [3.63, 3.8) is 0 Å². The standard InChI is InChI=1S/C14H14N2O5/c1-19-9-6-10-13(11(7-9)20-2)15-8-16(14(10)18)5-4-12(17)21-3/h4-8H,1-3H3/b5-4+. The zero-order chi connectivity index (χ0) is 15.4. The number of nitrogens with zero attached hydrogens (tertiary/aromatic N) is 2. The molecule has 0 amide bonds. The molecule has 0 saturated carbocycles. The number of carbonyl (C=O) groups is 1. The van der Waals surface area contributed by atoms with E-state index in [4.69, 9.17) is 9.47 Å².